The van der Waals surface area contributed by atoms with E-state index >= 15 is 0 Å². The van der Waals surface area contributed by atoms with Crippen molar-refractivity contribution in [3.8, 4) is 45.4 Å². The van der Waals surface area contributed by atoms with Gasteiger partial charge in [0.25, 0.3) is 0 Å². The lowest BCUT2D eigenvalue weighted by molar-refractivity contribution is 0.669. The first kappa shape index (κ1) is 28.6. The van der Waals surface area contributed by atoms with Gasteiger partial charge in [0.15, 0.2) is 17.5 Å². The van der Waals surface area contributed by atoms with Gasteiger partial charge < -0.3 is 8.83 Å². The van der Waals surface area contributed by atoms with Crippen LogP contribution in [0.2, 0.25) is 0 Å². The van der Waals surface area contributed by atoms with E-state index in [0.29, 0.717) is 17.5 Å². The first-order valence-corrected chi connectivity index (χ1v) is 17.2. The van der Waals surface area contributed by atoms with Gasteiger partial charge in [-0.25, -0.2) is 19.9 Å². The van der Waals surface area contributed by atoms with Crippen LogP contribution in [-0.4, -0.2) is 19.9 Å². The highest BCUT2D eigenvalue weighted by atomic mass is 16.3. The van der Waals surface area contributed by atoms with E-state index in [1.165, 1.54) is 0 Å². The van der Waals surface area contributed by atoms with Crippen LogP contribution < -0.4 is 0 Å². The molecule has 0 aliphatic heterocycles. The van der Waals surface area contributed by atoms with Gasteiger partial charge >= 0.3 is 0 Å². The quantitative estimate of drug-likeness (QED) is 0.174. The summed E-state index contributed by atoms with van der Waals surface area (Å²) in [6, 6.07) is 53.3. The molecule has 0 atom stereocenters. The summed E-state index contributed by atoms with van der Waals surface area (Å²) in [7, 11) is 0. The standard InChI is InChI=1S/C46H26N4O2/c1-3-12-27(13-4-1)42-34-24-25-39-41(33-17-8-10-21-38(33)51-39)40(34)32-23-22-29(26-36(32)47-42)45-48-44(28-14-5-2-6-15-28)49-46(50-45)35-19-11-18-31-30-16-7-9-20-37(30)52-43(31)35/h1-26H. The zero-order valence-electron chi connectivity index (χ0n) is 27.6. The molecule has 4 aromatic heterocycles. The molecule has 0 spiro atoms. The summed E-state index contributed by atoms with van der Waals surface area (Å²) >= 11 is 0. The summed E-state index contributed by atoms with van der Waals surface area (Å²) in [5.41, 5.74) is 8.60. The number of nitrogens with zero attached hydrogens (tertiary/aromatic N) is 4. The number of hydrogen-bond donors (Lipinski definition) is 0. The van der Waals surface area contributed by atoms with Gasteiger partial charge in [-0.15, -0.1) is 0 Å². The van der Waals surface area contributed by atoms with Crippen molar-refractivity contribution >= 4 is 65.6 Å². The summed E-state index contributed by atoms with van der Waals surface area (Å²) in [5, 5.41) is 7.43. The second-order valence-electron chi connectivity index (χ2n) is 13.0. The van der Waals surface area contributed by atoms with Crippen LogP contribution in [0, 0.1) is 0 Å². The van der Waals surface area contributed by atoms with Crippen LogP contribution in [-0.2, 0) is 0 Å². The highest BCUT2D eigenvalue weighted by Gasteiger charge is 2.20. The Balaban J connectivity index is 1.19. The fraction of sp³-hybridized carbons (Fsp3) is 0. The Morgan fingerprint density at radius 1 is 0.346 bits per heavy atom. The fourth-order valence-electron chi connectivity index (χ4n) is 7.53. The molecule has 0 aliphatic rings. The monoisotopic (exact) mass is 666 g/mol. The highest BCUT2D eigenvalue weighted by Crippen LogP contribution is 2.42. The molecular weight excluding hydrogens is 641 g/mol. The lowest BCUT2D eigenvalue weighted by Crippen LogP contribution is -2.00. The van der Waals surface area contributed by atoms with E-state index in [1.807, 2.05) is 78.9 Å². The summed E-state index contributed by atoms with van der Waals surface area (Å²) in [6.07, 6.45) is 0. The molecule has 6 heteroatoms. The third-order valence-corrected chi connectivity index (χ3v) is 9.92. The van der Waals surface area contributed by atoms with Gasteiger partial charge in [0.05, 0.1) is 16.8 Å². The Hall–Kier alpha value is -7.18. The van der Waals surface area contributed by atoms with Gasteiger partial charge in [0.1, 0.15) is 22.3 Å². The number of rotatable bonds is 4. The molecule has 0 unspecified atom stereocenters. The number of para-hydroxylation sites is 3. The van der Waals surface area contributed by atoms with Gasteiger partial charge in [-0.05, 0) is 36.4 Å². The third kappa shape index (κ3) is 4.38. The molecule has 0 bridgehead atoms. The number of pyridine rings is 1. The minimum Gasteiger partial charge on any atom is -0.456 e. The van der Waals surface area contributed by atoms with Gasteiger partial charge in [-0.3, -0.25) is 0 Å². The molecule has 6 nitrogen and oxygen atoms in total. The summed E-state index contributed by atoms with van der Waals surface area (Å²) in [6.45, 7) is 0. The molecule has 11 rings (SSSR count). The Labute approximate surface area is 296 Å². The maximum atomic E-state index is 6.42. The van der Waals surface area contributed by atoms with E-state index in [1.54, 1.807) is 0 Å². The normalized spacial score (nSPS) is 11.8. The smallest absolute Gasteiger partial charge is 0.167 e. The van der Waals surface area contributed by atoms with Crippen LogP contribution >= 0.6 is 0 Å². The van der Waals surface area contributed by atoms with Gasteiger partial charge in [-0.1, -0.05) is 121 Å². The first-order chi connectivity index (χ1) is 25.8. The molecule has 4 heterocycles. The second-order valence-corrected chi connectivity index (χ2v) is 13.0. The van der Waals surface area contributed by atoms with Crippen molar-refractivity contribution in [2.75, 3.05) is 0 Å². The van der Waals surface area contributed by atoms with E-state index in [4.69, 9.17) is 28.8 Å². The van der Waals surface area contributed by atoms with Crippen LogP contribution in [0.1, 0.15) is 0 Å². The van der Waals surface area contributed by atoms with E-state index < -0.39 is 0 Å². The summed E-state index contributed by atoms with van der Waals surface area (Å²) < 4.78 is 12.8. The average Bonchev–Trinajstić information content (AvgIpc) is 3.79. The SMILES string of the molecule is c1ccc(-c2nc(-c3ccc4c(c3)nc(-c3ccccc3)c3ccc5oc6ccccc6c5c34)nc(-c3cccc4c3oc3ccccc34)n2)cc1. The predicted octanol–water partition coefficient (Wildman–Crippen LogP) is 12.0. The van der Waals surface area contributed by atoms with Crippen LogP contribution in [0.15, 0.2) is 167 Å². The maximum absolute atomic E-state index is 6.42. The average molecular weight is 667 g/mol. The molecule has 0 saturated carbocycles. The van der Waals surface area contributed by atoms with E-state index in [2.05, 4.69) is 78.9 Å². The summed E-state index contributed by atoms with van der Waals surface area (Å²) in [5.74, 6) is 1.67. The molecule has 0 N–H and O–H groups in total. The van der Waals surface area contributed by atoms with Crippen molar-refractivity contribution < 1.29 is 8.83 Å². The molecule has 0 fully saturated rings. The second kappa shape index (κ2) is 11.2. The van der Waals surface area contributed by atoms with Crippen molar-refractivity contribution in [1.82, 2.24) is 19.9 Å². The number of furan rings is 2. The molecule has 7 aromatic carbocycles. The Kier molecular flexibility index (Phi) is 6.15. The fourth-order valence-corrected chi connectivity index (χ4v) is 7.53. The first-order valence-electron chi connectivity index (χ1n) is 17.2. The van der Waals surface area contributed by atoms with Crippen molar-refractivity contribution in [2.24, 2.45) is 0 Å². The van der Waals surface area contributed by atoms with Crippen LogP contribution in [0.5, 0.6) is 0 Å². The van der Waals surface area contributed by atoms with Gasteiger partial charge in [-0.2, -0.15) is 0 Å². The van der Waals surface area contributed by atoms with Gasteiger partial charge in [0.2, 0.25) is 0 Å². The van der Waals surface area contributed by atoms with Crippen LogP contribution in [0.4, 0.5) is 0 Å². The third-order valence-electron chi connectivity index (χ3n) is 9.92. The van der Waals surface area contributed by atoms with Crippen molar-refractivity contribution in [1.29, 1.82) is 0 Å². The number of fused-ring (bicyclic) bond motifs is 10. The molecule has 0 aliphatic carbocycles. The molecule has 0 saturated heterocycles. The van der Waals surface area contributed by atoms with Crippen molar-refractivity contribution in [2.45, 2.75) is 0 Å². The maximum Gasteiger partial charge on any atom is 0.167 e. The number of aromatic nitrogens is 4. The van der Waals surface area contributed by atoms with Crippen molar-refractivity contribution in [3.63, 3.8) is 0 Å². The zero-order chi connectivity index (χ0) is 34.2. The topological polar surface area (TPSA) is 77.8 Å². The van der Waals surface area contributed by atoms with Crippen molar-refractivity contribution in [3.05, 3.63) is 158 Å². The van der Waals surface area contributed by atoms with E-state index in [9.17, 15) is 0 Å². The van der Waals surface area contributed by atoms with Crippen LogP contribution in [0.25, 0.3) is 111 Å². The Morgan fingerprint density at radius 3 is 1.79 bits per heavy atom. The minimum absolute atomic E-state index is 0.539. The lowest BCUT2D eigenvalue weighted by atomic mass is 9.95. The largest absolute Gasteiger partial charge is 0.456 e. The van der Waals surface area contributed by atoms with Crippen LogP contribution in [0.3, 0.4) is 0 Å². The number of benzene rings is 7. The summed E-state index contributed by atoms with van der Waals surface area (Å²) in [4.78, 5) is 20.6. The minimum atomic E-state index is 0.539. The highest BCUT2D eigenvalue weighted by molar-refractivity contribution is 6.28. The van der Waals surface area contributed by atoms with E-state index in [0.717, 1.165) is 93.5 Å². The molecular formula is C46H26N4O2. The lowest BCUT2D eigenvalue weighted by Gasteiger charge is -2.13. The Morgan fingerprint density at radius 2 is 0.981 bits per heavy atom. The Bertz CT molecular complexity index is 3180. The van der Waals surface area contributed by atoms with E-state index in [-0.39, 0.29) is 0 Å². The molecule has 0 radical (unpaired) electrons. The van der Waals surface area contributed by atoms with Gasteiger partial charge in [0, 0.05) is 54.4 Å². The molecule has 0 amide bonds. The molecule has 242 valence electrons. The zero-order valence-corrected chi connectivity index (χ0v) is 27.6. The number of hydrogen-bond acceptors (Lipinski definition) is 6. The molecule has 52 heavy (non-hydrogen) atoms. The predicted molar refractivity (Wildman–Crippen MR) is 209 cm³/mol. The molecule has 11 aromatic rings.